The molecule has 5 heteroatoms. The average Bonchev–Trinajstić information content (AvgIpc) is 3.01. The number of thioether (sulfide) groups is 1. The predicted molar refractivity (Wildman–Crippen MR) is 81.3 cm³/mol. The molecule has 0 atom stereocenters. The molecule has 0 radical (unpaired) electrons. The highest BCUT2D eigenvalue weighted by molar-refractivity contribution is 7.99. The lowest BCUT2D eigenvalue weighted by Crippen LogP contribution is -2.07. The minimum atomic E-state index is 0.110. The van der Waals surface area contributed by atoms with Crippen LogP contribution in [-0.4, -0.2) is 26.1 Å². The minimum absolute atomic E-state index is 0.110. The summed E-state index contributed by atoms with van der Waals surface area (Å²) >= 11 is 1.44. The number of fused-ring (bicyclic) bond motifs is 1. The third-order valence-corrected chi connectivity index (χ3v) is 4.06. The zero-order chi connectivity index (χ0) is 14.1. The third kappa shape index (κ3) is 2.49. The molecule has 0 aliphatic heterocycles. The Morgan fingerprint density at radius 2 is 2.25 bits per heavy atom. The van der Waals surface area contributed by atoms with Gasteiger partial charge in [0.15, 0.2) is 10.9 Å². The van der Waals surface area contributed by atoms with E-state index in [1.165, 1.54) is 17.3 Å². The molecule has 0 amide bonds. The van der Waals surface area contributed by atoms with Gasteiger partial charge in [-0.05, 0) is 36.8 Å². The third-order valence-electron chi connectivity index (χ3n) is 3.19. The van der Waals surface area contributed by atoms with Gasteiger partial charge >= 0.3 is 0 Å². The summed E-state index contributed by atoms with van der Waals surface area (Å²) in [6.07, 6.45) is 1.88. The van der Waals surface area contributed by atoms with Crippen LogP contribution in [0.1, 0.15) is 16.1 Å². The Hall–Kier alpha value is -2.01. The predicted octanol–water partition coefficient (Wildman–Crippen LogP) is 3.18. The van der Waals surface area contributed by atoms with Crippen molar-refractivity contribution >= 4 is 28.6 Å². The van der Waals surface area contributed by atoms with Crippen LogP contribution in [0.3, 0.4) is 0 Å². The van der Waals surface area contributed by atoms with Gasteiger partial charge in [0.2, 0.25) is 0 Å². The summed E-state index contributed by atoms with van der Waals surface area (Å²) in [6.45, 7) is 2.05. The molecule has 0 aliphatic carbocycles. The number of benzene rings is 1. The summed E-state index contributed by atoms with van der Waals surface area (Å²) in [5.41, 5.74) is 3.87. The summed E-state index contributed by atoms with van der Waals surface area (Å²) in [5.74, 6) is 0.496. The van der Waals surface area contributed by atoms with Crippen molar-refractivity contribution in [3.05, 3.63) is 47.8 Å². The Labute approximate surface area is 121 Å². The molecular formula is C15H15N3OS. The average molecular weight is 285 g/mol. The van der Waals surface area contributed by atoms with Crippen LogP contribution in [0.2, 0.25) is 0 Å². The number of aromatic nitrogens is 3. The fourth-order valence-electron chi connectivity index (χ4n) is 2.13. The molecule has 3 aromatic rings. The second-order valence-corrected chi connectivity index (χ2v) is 5.74. The van der Waals surface area contributed by atoms with Crippen molar-refractivity contribution in [3.8, 4) is 0 Å². The molecule has 2 aromatic heterocycles. The largest absolute Gasteiger partial charge is 0.348 e. The fraction of sp³-hybridized carbons (Fsp3) is 0.200. The zero-order valence-corrected chi connectivity index (χ0v) is 12.2. The minimum Gasteiger partial charge on any atom is -0.348 e. The molecule has 1 aromatic carbocycles. The molecular weight excluding hydrogens is 270 g/mol. The Morgan fingerprint density at radius 1 is 1.40 bits per heavy atom. The van der Waals surface area contributed by atoms with Crippen molar-refractivity contribution in [2.45, 2.75) is 12.1 Å². The highest BCUT2D eigenvalue weighted by atomic mass is 32.2. The number of hydrogen-bond donors (Lipinski definition) is 1. The number of hydrogen-bond acceptors (Lipinski definition) is 3. The van der Waals surface area contributed by atoms with Gasteiger partial charge < -0.3 is 9.55 Å². The van der Waals surface area contributed by atoms with Gasteiger partial charge in [0.25, 0.3) is 0 Å². The lowest BCUT2D eigenvalue weighted by atomic mass is 10.2. The van der Waals surface area contributed by atoms with E-state index in [9.17, 15) is 4.79 Å². The lowest BCUT2D eigenvalue weighted by Gasteiger charge is -2.00. The standard InChI is InChI=1S/C15H15N3OS/c1-10-5-6-11-12(8-10)17-15(16-11)20-9-14(19)13-4-3-7-18(13)2/h3-8H,9H2,1-2H3,(H,16,17). The highest BCUT2D eigenvalue weighted by Gasteiger charge is 2.11. The van der Waals surface area contributed by atoms with Crippen molar-refractivity contribution < 1.29 is 4.79 Å². The Bertz CT molecular complexity index is 772. The summed E-state index contributed by atoms with van der Waals surface area (Å²) in [7, 11) is 1.88. The van der Waals surface area contributed by atoms with Crippen LogP contribution in [0.5, 0.6) is 0 Å². The SMILES string of the molecule is Cc1ccc2nc(SCC(=O)c3cccn3C)[nH]c2c1. The van der Waals surface area contributed by atoms with Crippen molar-refractivity contribution in [1.82, 2.24) is 14.5 Å². The maximum Gasteiger partial charge on any atom is 0.189 e. The van der Waals surface area contributed by atoms with Crippen LogP contribution in [0, 0.1) is 6.92 Å². The Kier molecular flexibility index (Phi) is 3.36. The highest BCUT2D eigenvalue weighted by Crippen LogP contribution is 2.21. The molecule has 0 aliphatic rings. The van der Waals surface area contributed by atoms with E-state index in [4.69, 9.17) is 0 Å². The van der Waals surface area contributed by atoms with Crippen molar-refractivity contribution in [2.24, 2.45) is 7.05 Å². The van der Waals surface area contributed by atoms with Gasteiger partial charge in [0, 0.05) is 13.2 Å². The van der Waals surface area contributed by atoms with Gasteiger partial charge in [-0.3, -0.25) is 4.79 Å². The first-order chi connectivity index (χ1) is 9.63. The van der Waals surface area contributed by atoms with E-state index in [-0.39, 0.29) is 5.78 Å². The van der Waals surface area contributed by atoms with E-state index in [2.05, 4.69) is 16.0 Å². The Balaban J connectivity index is 1.74. The molecule has 0 saturated heterocycles. The summed E-state index contributed by atoms with van der Waals surface area (Å²) in [6, 6.07) is 9.80. The monoisotopic (exact) mass is 285 g/mol. The maximum absolute atomic E-state index is 12.1. The second-order valence-electron chi connectivity index (χ2n) is 4.78. The quantitative estimate of drug-likeness (QED) is 0.591. The van der Waals surface area contributed by atoms with Crippen LogP contribution in [0.25, 0.3) is 11.0 Å². The van der Waals surface area contributed by atoms with Gasteiger partial charge in [-0.15, -0.1) is 0 Å². The number of carbonyl (C=O) groups is 1. The summed E-state index contributed by atoms with van der Waals surface area (Å²) in [4.78, 5) is 19.8. The molecule has 2 heterocycles. The van der Waals surface area contributed by atoms with Crippen LogP contribution in [0.15, 0.2) is 41.7 Å². The normalized spacial score (nSPS) is 11.1. The molecule has 0 fully saturated rings. The summed E-state index contributed by atoms with van der Waals surface area (Å²) in [5, 5.41) is 0.785. The number of H-pyrrole nitrogens is 1. The van der Waals surface area contributed by atoms with Crippen LogP contribution in [0.4, 0.5) is 0 Å². The van der Waals surface area contributed by atoms with E-state index in [0.717, 1.165) is 21.9 Å². The van der Waals surface area contributed by atoms with Gasteiger partial charge in [-0.2, -0.15) is 0 Å². The topological polar surface area (TPSA) is 50.7 Å². The molecule has 0 saturated carbocycles. The molecule has 4 nitrogen and oxygen atoms in total. The number of aryl methyl sites for hydroxylation is 2. The fourth-order valence-corrected chi connectivity index (χ4v) is 2.89. The zero-order valence-electron chi connectivity index (χ0n) is 11.4. The number of nitrogens with one attached hydrogen (secondary N) is 1. The number of aromatic amines is 1. The number of rotatable bonds is 4. The van der Waals surface area contributed by atoms with Crippen LogP contribution >= 0.6 is 11.8 Å². The van der Waals surface area contributed by atoms with E-state index in [1.807, 2.05) is 49.0 Å². The molecule has 0 unspecified atom stereocenters. The number of imidazole rings is 1. The molecule has 0 spiro atoms. The van der Waals surface area contributed by atoms with E-state index < -0.39 is 0 Å². The Morgan fingerprint density at radius 3 is 3.00 bits per heavy atom. The number of nitrogens with zero attached hydrogens (tertiary/aromatic N) is 2. The molecule has 0 bridgehead atoms. The maximum atomic E-state index is 12.1. The molecule has 102 valence electrons. The van der Waals surface area contributed by atoms with E-state index in [0.29, 0.717) is 5.75 Å². The lowest BCUT2D eigenvalue weighted by molar-refractivity contribution is 0.101. The van der Waals surface area contributed by atoms with Gasteiger partial charge in [0.05, 0.1) is 22.5 Å². The first kappa shape index (κ1) is 13.0. The van der Waals surface area contributed by atoms with Gasteiger partial charge in [-0.1, -0.05) is 17.8 Å². The number of ketones is 1. The summed E-state index contributed by atoms with van der Waals surface area (Å²) < 4.78 is 1.84. The first-order valence-electron chi connectivity index (χ1n) is 6.37. The van der Waals surface area contributed by atoms with Crippen LogP contribution in [-0.2, 0) is 7.05 Å². The second kappa shape index (κ2) is 5.17. The van der Waals surface area contributed by atoms with E-state index in [1.54, 1.807) is 0 Å². The number of Topliss-reactive ketones (excluding diaryl/α,β-unsaturated/α-hetero) is 1. The van der Waals surface area contributed by atoms with Crippen molar-refractivity contribution in [3.63, 3.8) is 0 Å². The van der Waals surface area contributed by atoms with Gasteiger partial charge in [0.1, 0.15) is 0 Å². The van der Waals surface area contributed by atoms with Crippen molar-refractivity contribution in [1.29, 1.82) is 0 Å². The van der Waals surface area contributed by atoms with Gasteiger partial charge in [-0.25, -0.2) is 4.98 Å². The van der Waals surface area contributed by atoms with E-state index >= 15 is 0 Å². The first-order valence-corrected chi connectivity index (χ1v) is 7.36. The number of carbonyl (C=O) groups excluding carboxylic acids is 1. The molecule has 3 rings (SSSR count). The molecule has 1 N–H and O–H groups in total. The smallest absolute Gasteiger partial charge is 0.189 e. The van der Waals surface area contributed by atoms with Crippen molar-refractivity contribution in [2.75, 3.05) is 5.75 Å². The molecule has 20 heavy (non-hydrogen) atoms. The van der Waals surface area contributed by atoms with Crippen LogP contribution < -0.4 is 0 Å².